The molecule has 0 fully saturated rings. The maximum absolute atomic E-state index is 4.88. The van der Waals surface area contributed by atoms with Gasteiger partial charge in [0.25, 0.3) is 0 Å². The molecule has 0 aromatic heterocycles. The van der Waals surface area contributed by atoms with Crippen molar-refractivity contribution in [3.63, 3.8) is 0 Å². The van der Waals surface area contributed by atoms with E-state index >= 15 is 0 Å². The van der Waals surface area contributed by atoms with Crippen molar-refractivity contribution in [3.05, 3.63) is 164 Å². The van der Waals surface area contributed by atoms with Gasteiger partial charge in [0.05, 0.1) is 0 Å². The zero-order valence-electron chi connectivity index (χ0n) is 29.6. The van der Waals surface area contributed by atoms with Crippen LogP contribution in [0.4, 0.5) is 0 Å². The fourth-order valence-electron chi connectivity index (χ4n) is 3.80. The first kappa shape index (κ1) is 46.8. The van der Waals surface area contributed by atoms with E-state index < -0.39 is 0 Å². The smallest absolute Gasteiger partial charge is 0.414 e. The second-order valence-corrected chi connectivity index (χ2v) is 8.68. The topological polar surface area (TPSA) is 35.2 Å². The van der Waals surface area contributed by atoms with Crippen molar-refractivity contribution in [2.45, 2.75) is 74.1 Å². The average Bonchev–Trinajstić information content (AvgIpc) is 3.12. The molecule has 3 aromatic rings. The molecule has 238 valence electrons. The van der Waals surface area contributed by atoms with Crippen molar-refractivity contribution >= 4 is 6.08 Å². The molecule has 0 heterocycles. The Hall–Kier alpha value is -2.63. The SMILES string of the molecule is C=C/C=C(\CCC)C1=CC=CCC1.C=C/C=C\c1ccc(-c2ccccc2)cc1.CC.CC.CC.[CH2-]c1ccc(ON)cc1.[K+]. The van der Waals surface area contributed by atoms with E-state index in [1.54, 1.807) is 18.2 Å². The standard InChI is InChI=1S/C16H14.C13H18.C7H8NO.3C2H6.K/c1-2-3-7-14-10-12-16(13-11-14)15-8-5-4-6-9-15;1-3-8-12(9-4-2)13-10-6-5-7-11-13;1-6-2-4-7(9-8)5-3-6;3*1-2;/h2-13H,1H2;3,5-6,8,10H,1,4,7,9,11H2,2H3;2-5H,1,8H2;3*1-2H3;/q;;-1;;;;+1/b7-3-;12-8+;;;;;. The Morgan fingerprint density at radius 2 is 1.40 bits per heavy atom. The van der Waals surface area contributed by atoms with Gasteiger partial charge in [-0.25, -0.2) is 0 Å². The van der Waals surface area contributed by atoms with E-state index in [9.17, 15) is 0 Å². The van der Waals surface area contributed by atoms with Crippen LogP contribution in [0.2, 0.25) is 0 Å². The molecule has 0 saturated carbocycles. The van der Waals surface area contributed by atoms with Crippen LogP contribution in [0.5, 0.6) is 5.75 Å². The van der Waals surface area contributed by atoms with Crippen molar-refractivity contribution in [2.24, 2.45) is 5.90 Å². The molecule has 0 unspecified atom stereocenters. The fraction of sp³-hybridized carbons (Fsp3) is 0.262. The molecule has 4 rings (SSSR count). The second kappa shape index (κ2) is 34.2. The van der Waals surface area contributed by atoms with E-state index in [-0.39, 0.29) is 51.4 Å². The zero-order chi connectivity index (χ0) is 33.4. The maximum Gasteiger partial charge on any atom is 1.00 e. The van der Waals surface area contributed by atoms with E-state index in [4.69, 9.17) is 5.90 Å². The van der Waals surface area contributed by atoms with Gasteiger partial charge in [0, 0.05) is 0 Å². The van der Waals surface area contributed by atoms with Gasteiger partial charge < -0.3 is 4.84 Å². The molecule has 3 heteroatoms. The van der Waals surface area contributed by atoms with Crippen LogP contribution >= 0.6 is 0 Å². The molecule has 0 aliphatic heterocycles. The summed E-state index contributed by atoms with van der Waals surface area (Å²) in [7, 11) is 0. The van der Waals surface area contributed by atoms with Crippen molar-refractivity contribution < 1.29 is 56.2 Å². The Morgan fingerprint density at radius 3 is 1.87 bits per heavy atom. The minimum absolute atomic E-state index is 0. The van der Waals surface area contributed by atoms with Crippen molar-refractivity contribution in [1.82, 2.24) is 0 Å². The molecule has 0 spiro atoms. The molecule has 3 aromatic carbocycles. The van der Waals surface area contributed by atoms with Crippen LogP contribution in [0.1, 0.15) is 85.3 Å². The van der Waals surface area contributed by atoms with Gasteiger partial charge >= 0.3 is 51.4 Å². The summed E-state index contributed by atoms with van der Waals surface area (Å²) in [5.41, 5.74) is 7.60. The van der Waals surface area contributed by atoms with Gasteiger partial charge in [-0.1, -0.05) is 183 Å². The van der Waals surface area contributed by atoms with E-state index in [0.29, 0.717) is 5.75 Å². The summed E-state index contributed by atoms with van der Waals surface area (Å²) in [6.07, 6.45) is 21.2. The Labute approximate surface area is 320 Å². The van der Waals surface area contributed by atoms with E-state index in [2.05, 4.69) is 105 Å². The number of nitrogens with two attached hydrogens (primary N) is 1. The summed E-state index contributed by atoms with van der Waals surface area (Å²) in [4.78, 5) is 4.44. The van der Waals surface area contributed by atoms with E-state index in [1.165, 1.54) is 53.5 Å². The predicted molar refractivity (Wildman–Crippen MR) is 201 cm³/mol. The van der Waals surface area contributed by atoms with Gasteiger partial charge in [-0.15, -0.1) is 0 Å². The van der Waals surface area contributed by atoms with Crippen molar-refractivity contribution in [3.8, 4) is 16.9 Å². The third kappa shape index (κ3) is 22.5. The normalized spacial score (nSPS) is 10.8. The predicted octanol–water partition coefficient (Wildman–Crippen LogP) is 9.93. The van der Waals surface area contributed by atoms with Crippen molar-refractivity contribution in [1.29, 1.82) is 0 Å². The van der Waals surface area contributed by atoms with Crippen LogP contribution in [0.25, 0.3) is 17.2 Å². The Kier molecular flexibility index (Phi) is 35.6. The molecule has 1 aliphatic rings. The van der Waals surface area contributed by atoms with Crippen LogP contribution in [0.3, 0.4) is 0 Å². The van der Waals surface area contributed by atoms with Crippen LogP contribution in [0.15, 0.2) is 146 Å². The van der Waals surface area contributed by atoms with Crippen LogP contribution < -0.4 is 62.1 Å². The summed E-state index contributed by atoms with van der Waals surface area (Å²) >= 11 is 0. The molecular formula is C42H58KNO. The van der Waals surface area contributed by atoms with Gasteiger partial charge in [-0.05, 0) is 47.1 Å². The Balaban J connectivity index is -0.000000551. The summed E-state index contributed by atoms with van der Waals surface area (Å²) < 4.78 is 0. The van der Waals surface area contributed by atoms with E-state index in [1.807, 2.05) is 78.0 Å². The van der Waals surface area contributed by atoms with Gasteiger partial charge in [0.15, 0.2) is 0 Å². The first-order valence-electron chi connectivity index (χ1n) is 16.0. The van der Waals surface area contributed by atoms with Crippen LogP contribution in [-0.4, -0.2) is 0 Å². The van der Waals surface area contributed by atoms with E-state index in [0.717, 1.165) is 5.56 Å². The minimum Gasteiger partial charge on any atom is -0.414 e. The molecular weight excluding hydrogens is 574 g/mol. The number of hydrogen-bond acceptors (Lipinski definition) is 2. The first-order valence-corrected chi connectivity index (χ1v) is 16.0. The van der Waals surface area contributed by atoms with Gasteiger partial charge in [-0.2, -0.15) is 30.5 Å². The Morgan fingerprint density at radius 1 is 0.822 bits per heavy atom. The largest absolute Gasteiger partial charge is 1.00 e. The minimum atomic E-state index is 0. The summed E-state index contributed by atoms with van der Waals surface area (Å²) in [6.45, 7) is 25.3. The molecule has 0 saturated heterocycles. The third-order valence-corrected chi connectivity index (χ3v) is 5.77. The zero-order valence-corrected chi connectivity index (χ0v) is 32.7. The molecule has 0 radical (unpaired) electrons. The molecule has 0 atom stereocenters. The monoisotopic (exact) mass is 631 g/mol. The molecule has 0 bridgehead atoms. The second-order valence-electron chi connectivity index (χ2n) is 8.68. The summed E-state index contributed by atoms with van der Waals surface area (Å²) in [6, 6.07) is 26.1. The molecule has 45 heavy (non-hydrogen) atoms. The summed E-state index contributed by atoms with van der Waals surface area (Å²) in [5.74, 6) is 5.53. The van der Waals surface area contributed by atoms with Crippen molar-refractivity contribution in [2.75, 3.05) is 0 Å². The van der Waals surface area contributed by atoms with Crippen LogP contribution in [0, 0.1) is 6.92 Å². The third-order valence-electron chi connectivity index (χ3n) is 5.77. The molecule has 2 N–H and O–H groups in total. The average molecular weight is 632 g/mol. The van der Waals surface area contributed by atoms with Gasteiger partial charge in [0.2, 0.25) is 0 Å². The summed E-state index contributed by atoms with van der Waals surface area (Å²) in [5, 5.41) is 0. The molecule has 2 nitrogen and oxygen atoms in total. The van der Waals surface area contributed by atoms with Gasteiger partial charge in [0.1, 0.15) is 5.75 Å². The fourth-order valence-corrected chi connectivity index (χ4v) is 3.80. The maximum atomic E-state index is 4.88. The number of benzene rings is 3. The van der Waals surface area contributed by atoms with Gasteiger partial charge in [-0.3, -0.25) is 0 Å². The molecule has 1 aliphatic carbocycles. The quantitative estimate of drug-likeness (QED) is 0.116. The number of hydrogen-bond donors (Lipinski definition) is 1. The number of allylic oxidation sites excluding steroid dienone is 9. The Bertz CT molecular complexity index is 1220. The number of rotatable bonds is 8. The first-order chi connectivity index (χ1) is 21.6. The van der Waals surface area contributed by atoms with Crippen LogP contribution in [-0.2, 0) is 0 Å². The molecule has 0 amide bonds.